The van der Waals surface area contributed by atoms with E-state index in [1.165, 1.54) is 5.56 Å². The Hall–Kier alpha value is -5.26. The Morgan fingerprint density at radius 2 is 1.60 bits per heavy atom. The van der Waals surface area contributed by atoms with Gasteiger partial charge in [-0.25, -0.2) is 4.79 Å². The number of aryl methyl sites for hydroxylation is 2. The number of piperidine rings is 1. The molecular weight excluding hydrogens is 640 g/mol. The molecule has 12 nitrogen and oxygen atoms in total. The summed E-state index contributed by atoms with van der Waals surface area (Å²) in [5, 5.41) is 5.23. The Bertz CT molecular complexity index is 1650. The summed E-state index contributed by atoms with van der Waals surface area (Å²) >= 11 is 0. The lowest BCUT2D eigenvalue weighted by molar-refractivity contribution is -0.136. The van der Waals surface area contributed by atoms with E-state index < -0.39 is 11.9 Å². The van der Waals surface area contributed by atoms with Crippen molar-refractivity contribution in [1.82, 2.24) is 20.4 Å². The minimum absolute atomic E-state index is 0.0506. The van der Waals surface area contributed by atoms with E-state index in [0.717, 1.165) is 54.7 Å². The summed E-state index contributed by atoms with van der Waals surface area (Å²) in [5.41, 5.74) is 3.27. The van der Waals surface area contributed by atoms with Gasteiger partial charge in [0.2, 0.25) is 11.8 Å². The summed E-state index contributed by atoms with van der Waals surface area (Å²) in [6, 6.07) is 20.3. The predicted octanol–water partition coefficient (Wildman–Crippen LogP) is 4.45. The lowest BCUT2D eigenvalue weighted by atomic mass is 10.0. The van der Waals surface area contributed by atoms with Crippen molar-refractivity contribution < 1.29 is 38.1 Å². The molecule has 5 amide bonds. The fourth-order valence-electron chi connectivity index (χ4n) is 6.25. The van der Waals surface area contributed by atoms with Crippen molar-refractivity contribution in [3.05, 3.63) is 83.4 Å². The van der Waals surface area contributed by atoms with Crippen molar-refractivity contribution >= 4 is 23.8 Å². The van der Waals surface area contributed by atoms with E-state index in [1.807, 2.05) is 54.6 Å². The molecular formula is C38H46N4O8. The molecule has 2 atom stereocenters. The number of nitrogens with one attached hydrogen (secondary N) is 2. The van der Waals surface area contributed by atoms with Crippen LogP contribution < -0.4 is 29.6 Å². The normalized spacial score (nSPS) is 17.4. The highest BCUT2D eigenvalue weighted by molar-refractivity contribution is 6.01. The van der Waals surface area contributed by atoms with Gasteiger partial charge in [-0.3, -0.25) is 19.7 Å². The largest absolute Gasteiger partial charge is 0.494 e. The van der Waals surface area contributed by atoms with E-state index in [1.54, 1.807) is 31.1 Å². The first-order valence-electron chi connectivity index (χ1n) is 17.0. The summed E-state index contributed by atoms with van der Waals surface area (Å²) < 4.78 is 22.3. The van der Waals surface area contributed by atoms with E-state index >= 15 is 0 Å². The van der Waals surface area contributed by atoms with E-state index in [0.29, 0.717) is 37.6 Å². The van der Waals surface area contributed by atoms with Crippen molar-refractivity contribution in [2.24, 2.45) is 0 Å². The maximum absolute atomic E-state index is 12.9. The van der Waals surface area contributed by atoms with Gasteiger partial charge in [0.15, 0.2) is 18.1 Å². The topological polar surface area (TPSA) is 136 Å². The molecule has 0 saturated carbocycles. The number of unbranched alkanes of at least 4 members (excludes halogenated alkanes) is 1. The van der Waals surface area contributed by atoms with Gasteiger partial charge < -0.3 is 34.1 Å². The van der Waals surface area contributed by atoms with E-state index in [2.05, 4.69) is 22.8 Å². The van der Waals surface area contributed by atoms with Gasteiger partial charge in [-0.05, 0) is 91.6 Å². The molecule has 2 heterocycles. The molecule has 2 aliphatic heterocycles. The lowest BCUT2D eigenvalue weighted by Crippen LogP contribution is -2.53. The Balaban J connectivity index is 0.952. The maximum atomic E-state index is 12.9. The second-order valence-electron chi connectivity index (χ2n) is 12.5. The van der Waals surface area contributed by atoms with E-state index in [9.17, 15) is 19.2 Å². The van der Waals surface area contributed by atoms with Gasteiger partial charge in [-0.15, -0.1) is 0 Å². The number of benzene rings is 3. The van der Waals surface area contributed by atoms with Gasteiger partial charge in [-0.2, -0.15) is 0 Å². The third kappa shape index (κ3) is 9.46. The average molecular weight is 687 g/mol. The van der Waals surface area contributed by atoms with Crippen LogP contribution in [0.1, 0.15) is 54.8 Å². The van der Waals surface area contributed by atoms with Gasteiger partial charge in [0.05, 0.1) is 26.9 Å². The Kier molecular flexibility index (Phi) is 12.5. The molecule has 3 aromatic rings. The van der Waals surface area contributed by atoms with E-state index in [-0.39, 0.29) is 36.9 Å². The van der Waals surface area contributed by atoms with Gasteiger partial charge in [0.25, 0.3) is 5.91 Å². The second kappa shape index (κ2) is 17.4. The number of carbonyl (C=O) groups excluding carboxylic acids is 4. The third-order valence-corrected chi connectivity index (χ3v) is 9.05. The van der Waals surface area contributed by atoms with Crippen LogP contribution in [0, 0.1) is 0 Å². The number of amides is 5. The maximum Gasteiger partial charge on any atom is 0.321 e. The average Bonchev–Trinajstić information content (AvgIpc) is 3.42. The molecule has 0 spiro atoms. The summed E-state index contributed by atoms with van der Waals surface area (Å²) in [6.45, 7) is 1.33. The molecule has 266 valence electrons. The molecule has 5 rings (SSSR count). The van der Waals surface area contributed by atoms with Crippen molar-refractivity contribution in [3.8, 4) is 23.0 Å². The summed E-state index contributed by atoms with van der Waals surface area (Å²) in [5.74, 6) is 1.93. The molecule has 2 N–H and O–H groups in total. The van der Waals surface area contributed by atoms with Crippen molar-refractivity contribution in [1.29, 1.82) is 0 Å². The van der Waals surface area contributed by atoms with Gasteiger partial charge in [0.1, 0.15) is 17.5 Å². The molecule has 2 aliphatic rings. The Morgan fingerprint density at radius 1 is 0.840 bits per heavy atom. The van der Waals surface area contributed by atoms with Crippen LogP contribution in [0.25, 0.3) is 0 Å². The summed E-state index contributed by atoms with van der Waals surface area (Å²) in [6.07, 6.45) is 4.82. The zero-order chi connectivity index (χ0) is 35.5. The fraction of sp³-hybridized carbons (Fsp3) is 0.421. The smallest absolute Gasteiger partial charge is 0.321 e. The monoisotopic (exact) mass is 686 g/mol. The Labute approximate surface area is 293 Å². The van der Waals surface area contributed by atoms with Crippen LogP contribution in [0.3, 0.4) is 0 Å². The molecule has 0 aromatic heterocycles. The lowest BCUT2D eigenvalue weighted by Gasteiger charge is -2.28. The molecule has 0 bridgehead atoms. The second-order valence-corrected chi connectivity index (χ2v) is 12.5. The highest BCUT2D eigenvalue weighted by atomic mass is 16.5. The van der Waals surface area contributed by atoms with Crippen LogP contribution in [0.15, 0.2) is 66.7 Å². The van der Waals surface area contributed by atoms with Crippen LogP contribution in [-0.2, 0) is 27.2 Å². The number of carbonyl (C=O) groups is 4. The zero-order valence-corrected chi connectivity index (χ0v) is 28.9. The van der Waals surface area contributed by atoms with Crippen LogP contribution in [0.5, 0.6) is 23.0 Å². The van der Waals surface area contributed by atoms with Crippen LogP contribution in [-0.4, -0.2) is 87.2 Å². The minimum Gasteiger partial charge on any atom is -0.494 e. The third-order valence-electron chi connectivity index (χ3n) is 9.05. The molecule has 2 fully saturated rings. The van der Waals surface area contributed by atoms with Crippen LogP contribution in [0.4, 0.5) is 4.79 Å². The van der Waals surface area contributed by atoms with Crippen LogP contribution >= 0.6 is 0 Å². The molecule has 0 radical (unpaired) electrons. The summed E-state index contributed by atoms with van der Waals surface area (Å²) in [7, 11) is 4.98. The molecule has 2 saturated heterocycles. The summed E-state index contributed by atoms with van der Waals surface area (Å²) in [4.78, 5) is 52.3. The van der Waals surface area contributed by atoms with E-state index in [4.69, 9.17) is 18.9 Å². The standard InChI is InChI=1S/C38H46N4O8/c1-41-32(24-42(38(41)46)31-17-19-35(43)40-37(31)45)28-13-15-29(16-14-28)49-21-5-4-20-39-36(44)25-50-30-11-7-10-26(22-30)8-6-9-27-12-18-33(47-2)34(23-27)48-3/h7,10-16,18,22-23,31-32H,4-6,8-9,17,19-21,24-25H2,1-3H3,(H,39,44)(H,40,43,45). The first-order valence-corrected chi connectivity index (χ1v) is 17.0. The van der Waals surface area contributed by atoms with Gasteiger partial charge in [-0.1, -0.05) is 30.3 Å². The van der Waals surface area contributed by atoms with Crippen molar-refractivity contribution in [2.45, 2.75) is 57.0 Å². The first-order chi connectivity index (χ1) is 24.2. The predicted molar refractivity (Wildman–Crippen MR) is 186 cm³/mol. The van der Waals surface area contributed by atoms with Gasteiger partial charge in [0, 0.05) is 26.6 Å². The van der Waals surface area contributed by atoms with Crippen molar-refractivity contribution in [3.63, 3.8) is 0 Å². The highest BCUT2D eigenvalue weighted by Gasteiger charge is 2.43. The first kappa shape index (κ1) is 36.0. The number of hydrogen-bond acceptors (Lipinski definition) is 8. The SMILES string of the molecule is COc1ccc(CCCc2cccc(OCC(=O)NCCCCOc3ccc(C4CN(C5CCC(=O)NC5=O)C(=O)N4C)cc3)c2)cc1OC. The zero-order valence-electron chi connectivity index (χ0n) is 28.9. The molecule has 0 aliphatic carbocycles. The number of likely N-dealkylation sites (N-methyl/N-ethyl adjacent to an activating group) is 1. The number of nitrogens with zero attached hydrogens (tertiary/aromatic N) is 2. The number of rotatable bonds is 17. The number of imide groups is 1. The molecule has 3 aromatic carbocycles. The van der Waals surface area contributed by atoms with Crippen LogP contribution in [0.2, 0.25) is 0 Å². The number of urea groups is 1. The molecule has 2 unspecified atom stereocenters. The number of ether oxygens (including phenoxy) is 4. The quantitative estimate of drug-likeness (QED) is 0.157. The van der Waals surface area contributed by atoms with Crippen molar-refractivity contribution in [2.75, 3.05) is 47.6 Å². The number of hydrogen-bond donors (Lipinski definition) is 2. The fourth-order valence-corrected chi connectivity index (χ4v) is 6.25. The molecule has 50 heavy (non-hydrogen) atoms. The van der Waals surface area contributed by atoms with Gasteiger partial charge >= 0.3 is 6.03 Å². The molecule has 12 heteroatoms. The number of methoxy groups -OCH3 is 2. The Morgan fingerprint density at radius 3 is 2.34 bits per heavy atom. The minimum atomic E-state index is -0.636. The highest BCUT2D eigenvalue weighted by Crippen LogP contribution is 2.32.